The van der Waals surface area contributed by atoms with E-state index in [0.717, 1.165) is 29.7 Å². The molecule has 2 aliphatic rings. The quantitative estimate of drug-likeness (QED) is 0.824. The van der Waals surface area contributed by atoms with Crippen LogP contribution in [0.2, 0.25) is 0 Å². The Morgan fingerprint density at radius 3 is 2.11 bits per heavy atom. The fraction of sp³-hybridized carbons (Fsp3) is 1.00. The van der Waals surface area contributed by atoms with Crippen molar-refractivity contribution in [3.05, 3.63) is 0 Å². The van der Waals surface area contributed by atoms with E-state index in [0.29, 0.717) is 0 Å². The molecule has 0 amide bonds. The summed E-state index contributed by atoms with van der Waals surface area (Å²) in [6.07, 6.45) is 5.81. The van der Waals surface area contributed by atoms with Gasteiger partial charge in [-0.2, -0.15) is 0 Å². The van der Waals surface area contributed by atoms with E-state index < -0.39 is 0 Å². The lowest BCUT2D eigenvalue weighted by atomic mass is 9.76. The zero-order valence-corrected chi connectivity index (χ0v) is 13.5. The van der Waals surface area contributed by atoms with Crippen LogP contribution in [0.3, 0.4) is 0 Å². The Bertz CT molecular complexity index is 252. The molecule has 1 aliphatic heterocycles. The van der Waals surface area contributed by atoms with E-state index in [1.807, 2.05) is 0 Å². The van der Waals surface area contributed by atoms with Gasteiger partial charge in [0.1, 0.15) is 0 Å². The first-order valence-electron chi connectivity index (χ1n) is 8.52. The fourth-order valence-electron chi connectivity index (χ4n) is 4.22. The van der Waals surface area contributed by atoms with Gasteiger partial charge in [0, 0.05) is 19.1 Å². The van der Waals surface area contributed by atoms with Gasteiger partial charge < -0.3 is 5.32 Å². The molecule has 1 heterocycles. The van der Waals surface area contributed by atoms with Crippen LogP contribution >= 0.6 is 0 Å². The van der Waals surface area contributed by atoms with Gasteiger partial charge in [0.2, 0.25) is 0 Å². The van der Waals surface area contributed by atoms with Crippen LogP contribution < -0.4 is 5.32 Å². The van der Waals surface area contributed by atoms with Crippen molar-refractivity contribution in [2.45, 2.75) is 59.4 Å². The zero-order valence-electron chi connectivity index (χ0n) is 13.5. The van der Waals surface area contributed by atoms with E-state index in [2.05, 4.69) is 37.9 Å². The molecular weight excluding hydrogens is 232 g/mol. The molecule has 2 nitrogen and oxygen atoms in total. The lowest BCUT2D eigenvalue weighted by Gasteiger charge is -2.44. The third-order valence-corrected chi connectivity index (χ3v) is 5.18. The van der Waals surface area contributed by atoms with Crippen molar-refractivity contribution in [2.75, 3.05) is 26.2 Å². The first-order chi connectivity index (χ1) is 9.08. The predicted molar refractivity (Wildman–Crippen MR) is 83.4 cm³/mol. The number of hydrogen-bond acceptors (Lipinski definition) is 2. The Kier molecular flexibility index (Phi) is 5.70. The normalized spacial score (nSPS) is 39.0. The second-order valence-corrected chi connectivity index (χ2v) is 7.58. The molecule has 1 saturated carbocycles. The molecule has 1 aliphatic carbocycles. The molecule has 1 N–H and O–H groups in total. The summed E-state index contributed by atoms with van der Waals surface area (Å²) < 4.78 is 0. The molecule has 2 rings (SSSR count). The van der Waals surface area contributed by atoms with Gasteiger partial charge in [0.15, 0.2) is 0 Å². The Morgan fingerprint density at radius 1 is 0.947 bits per heavy atom. The molecular formula is C17H34N2. The van der Waals surface area contributed by atoms with Gasteiger partial charge >= 0.3 is 0 Å². The number of rotatable bonds is 2. The van der Waals surface area contributed by atoms with E-state index in [1.54, 1.807) is 0 Å². The van der Waals surface area contributed by atoms with Crippen molar-refractivity contribution in [3.8, 4) is 0 Å². The monoisotopic (exact) mass is 266 g/mol. The van der Waals surface area contributed by atoms with E-state index in [9.17, 15) is 0 Å². The topological polar surface area (TPSA) is 15.3 Å². The number of hydrogen-bond donors (Lipinski definition) is 1. The summed E-state index contributed by atoms with van der Waals surface area (Å²) in [6, 6.07) is 0.858. The lowest BCUT2D eigenvalue weighted by Crippen LogP contribution is -2.51. The van der Waals surface area contributed by atoms with Crippen molar-refractivity contribution < 1.29 is 0 Å². The van der Waals surface area contributed by atoms with Crippen molar-refractivity contribution in [2.24, 2.45) is 23.7 Å². The minimum absolute atomic E-state index is 0.794. The Hall–Kier alpha value is -0.0800. The van der Waals surface area contributed by atoms with Gasteiger partial charge in [-0.05, 0) is 49.6 Å². The summed E-state index contributed by atoms with van der Waals surface area (Å²) in [5.74, 6) is 3.37. The molecule has 0 spiro atoms. The highest BCUT2D eigenvalue weighted by Crippen LogP contribution is 2.34. The Labute approximate surface area is 120 Å². The van der Waals surface area contributed by atoms with E-state index in [1.165, 1.54) is 51.9 Å². The molecule has 2 heteroatoms. The van der Waals surface area contributed by atoms with E-state index in [-0.39, 0.29) is 0 Å². The minimum atomic E-state index is 0.794. The van der Waals surface area contributed by atoms with Gasteiger partial charge in [0.05, 0.1) is 0 Å². The van der Waals surface area contributed by atoms with Crippen molar-refractivity contribution in [3.63, 3.8) is 0 Å². The third-order valence-electron chi connectivity index (χ3n) is 5.18. The van der Waals surface area contributed by atoms with Crippen LogP contribution in [0.1, 0.15) is 53.4 Å². The van der Waals surface area contributed by atoms with Crippen LogP contribution in [-0.2, 0) is 0 Å². The second-order valence-electron chi connectivity index (χ2n) is 7.58. The molecule has 2 fully saturated rings. The summed E-state index contributed by atoms with van der Waals surface area (Å²) in [6.45, 7) is 14.7. The minimum Gasteiger partial charge on any atom is -0.316 e. The molecule has 4 unspecified atom stereocenters. The second kappa shape index (κ2) is 7.08. The molecule has 0 bridgehead atoms. The Morgan fingerprint density at radius 2 is 1.53 bits per heavy atom. The van der Waals surface area contributed by atoms with Gasteiger partial charge in [-0.25, -0.2) is 0 Å². The largest absolute Gasteiger partial charge is 0.316 e. The molecule has 0 radical (unpaired) electrons. The van der Waals surface area contributed by atoms with Crippen LogP contribution in [0.4, 0.5) is 0 Å². The molecule has 0 aromatic rings. The number of nitrogens with one attached hydrogen (secondary N) is 1. The Balaban J connectivity index is 2.05. The third kappa shape index (κ3) is 4.19. The molecule has 0 aromatic heterocycles. The van der Waals surface area contributed by atoms with Crippen LogP contribution in [-0.4, -0.2) is 37.1 Å². The smallest absolute Gasteiger partial charge is 0.0126 e. The summed E-state index contributed by atoms with van der Waals surface area (Å²) in [4.78, 5) is 2.86. The lowest BCUT2D eigenvalue weighted by molar-refractivity contribution is 0.0502. The van der Waals surface area contributed by atoms with Gasteiger partial charge in [-0.1, -0.05) is 40.5 Å². The van der Waals surface area contributed by atoms with Crippen LogP contribution in [0.15, 0.2) is 0 Å². The first-order valence-corrected chi connectivity index (χ1v) is 8.52. The van der Waals surface area contributed by atoms with Crippen LogP contribution in [0.25, 0.3) is 0 Å². The van der Waals surface area contributed by atoms with E-state index in [4.69, 9.17) is 0 Å². The molecule has 0 aromatic carbocycles. The summed E-state index contributed by atoms with van der Waals surface area (Å²) >= 11 is 0. The maximum atomic E-state index is 3.62. The fourth-order valence-corrected chi connectivity index (χ4v) is 4.22. The predicted octanol–water partition coefficient (Wildman–Crippen LogP) is 3.38. The summed E-state index contributed by atoms with van der Waals surface area (Å²) in [7, 11) is 0. The van der Waals surface area contributed by atoms with Crippen LogP contribution in [0, 0.1) is 23.7 Å². The van der Waals surface area contributed by atoms with Crippen molar-refractivity contribution in [1.29, 1.82) is 0 Å². The molecule has 112 valence electrons. The first kappa shape index (κ1) is 15.3. The maximum absolute atomic E-state index is 3.62. The van der Waals surface area contributed by atoms with Crippen LogP contribution in [0.5, 0.6) is 0 Å². The van der Waals surface area contributed by atoms with Gasteiger partial charge in [0.25, 0.3) is 0 Å². The van der Waals surface area contributed by atoms with Crippen molar-refractivity contribution in [1.82, 2.24) is 10.2 Å². The maximum Gasteiger partial charge on any atom is 0.0126 e. The molecule has 19 heavy (non-hydrogen) atoms. The molecule has 1 saturated heterocycles. The summed E-state index contributed by atoms with van der Waals surface area (Å²) in [5, 5.41) is 3.62. The number of nitrogens with zero attached hydrogens (tertiary/aromatic N) is 1. The SMILES string of the molecule is CC1CNCC(C)CN(C2CCCCC2C(C)C)C1. The van der Waals surface area contributed by atoms with Gasteiger partial charge in [-0.15, -0.1) is 0 Å². The summed E-state index contributed by atoms with van der Waals surface area (Å²) in [5.41, 5.74) is 0. The molecule has 4 atom stereocenters. The van der Waals surface area contributed by atoms with E-state index >= 15 is 0 Å². The highest BCUT2D eigenvalue weighted by Gasteiger charge is 2.33. The van der Waals surface area contributed by atoms with Crippen molar-refractivity contribution >= 4 is 0 Å². The highest BCUT2D eigenvalue weighted by molar-refractivity contribution is 4.87. The van der Waals surface area contributed by atoms with Gasteiger partial charge in [-0.3, -0.25) is 4.90 Å². The average Bonchev–Trinajstić information content (AvgIpc) is 2.36. The highest BCUT2D eigenvalue weighted by atomic mass is 15.2. The average molecular weight is 266 g/mol. The zero-order chi connectivity index (χ0) is 13.8. The standard InChI is InChI=1S/C17H34N2/c1-13(2)16-7-5-6-8-17(16)19-11-14(3)9-18-10-15(4)12-19/h13-18H,5-12H2,1-4H3.